The van der Waals surface area contributed by atoms with Gasteiger partial charge in [0, 0.05) is 25.0 Å². The van der Waals surface area contributed by atoms with Gasteiger partial charge in [-0.25, -0.2) is 0 Å². The molecule has 0 spiro atoms. The first-order valence-corrected chi connectivity index (χ1v) is 8.50. The number of morpholine rings is 1. The van der Waals surface area contributed by atoms with Gasteiger partial charge in [-0.15, -0.1) is 0 Å². The first kappa shape index (κ1) is 21.5. The van der Waals surface area contributed by atoms with E-state index in [0.717, 1.165) is 30.9 Å². The van der Waals surface area contributed by atoms with Crippen LogP contribution < -0.4 is 16.4 Å². The lowest BCUT2D eigenvalue weighted by molar-refractivity contribution is -0.163. The summed E-state index contributed by atoms with van der Waals surface area (Å²) >= 11 is 0. The highest BCUT2D eigenvalue weighted by Gasteiger charge is 2.28. The average Bonchev–Trinajstić information content (AvgIpc) is 2.67. The molecule has 1 aliphatic heterocycles. The van der Waals surface area contributed by atoms with Gasteiger partial charge in [0.25, 0.3) is 5.91 Å². The molecule has 0 radical (unpaired) electrons. The van der Waals surface area contributed by atoms with E-state index in [1.165, 1.54) is 6.08 Å². The Kier molecular flexibility index (Phi) is 7.65. The summed E-state index contributed by atoms with van der Waals surface area (Å²) in [6, 6.07) is 7.16. The number of nitrogens with two attached hydrogens (primary N) is 1. The van der Waals surface area contributed by atoms with Gasteiger partial charge in [-0.05, 0) is 29.8 Å². The SMILES string of the molecule is C=C(/C=C\C(=C/N)C(=O)Nc1ccc([C@H]2CNCCO2)cc1)OCC(F)(F)F. The summed E-state index contributed by atoms with van der Waals surface area (Å²) in [5.41, 5.74) is 7.00. The highest BCUT2D eigenvalue weighted by molar-refractivity contribution is 6.05. The second-order valence-electron chi connectivity index (χ2n) is 5.97. The van der Waals surface area contributed by atoms with Crippen molar-refractivity contribution in [2.75, 3.05) is 31.6 Å². The minimum absolute atomic E-state index is 0.0383. The van der Waals surface area contributed by atoms with Crippen molar-refractivity contribution < 1.29 is 27.4 Å². The van der Waals surface area contributed by atoms with E-state index in [9.17, 15) is 18.0 Å². The van der Waals surface area contributed by atoms with E-state index in [-0.39, 0.29) is 17.4 Å². The molecule has 0 aromatic heterocycles. The number of rotatable bonds is 7. The monoisotopic (exact) mass is 397 g/mol. The van der Waals surface area contributed by atoms with Crippen molar-refractivity contribution in [3.05, 3.63) is 66.1 Å². The van der Waals surface area contributed by atoms with Crippen molar-refractivity contribution in [3.8, 4) is 0 Å². The first-order valence-electron chi connectivity index (χ1n) is 8.50. The minimum atomic E-state index is -4.47. The van der Waals surface area contributed by atoms with Gasteiger partial charge < -0.3 is 25.8 Å². The molecule has 1 amide bonds. The zero-order chi connectivity index (χ0) is 20.6. The second kappa shape index (κ2) is 9.95. The molecule has 6 nitrogen and oxygen atoms in total. The molecule has 2 rings (SSSR count). The molecule has 9 heteroatoms. The number of benzene rings is 1. The topological polar surface area (TPSA) is 85.6 Å². The summed E-state index contributed by atoms with van der Waals surface area (Å²) in [6.07, 6.45) is -1.10. The lowest BCUT2D eigenvalue weighted by Gasteiger charge is -2.24. The van der Waals surface area contributed by atoms with E-state index < -0.39 is 18.7 Å². The number of alkyl halides is 3. The van der Waals surface area contributed by atoms with Crippen LogP contribution in [0.1, 0.15) is 11.7 Å². The molecule has 0 bridgehead atoms. The summed E-state index contributed by atoms with van der Waals surface area (Å²) in [5, 5.41) is 5.90. The molecule has 4 N–H and O–H groups in total. The number of carbonyl (C=O) groups is 1. The number of ether oxygens (including phenoxy) is 2. The van der Waals surface area contributed by atoms with E-state index in [2.05, 4.69) is 21.9 Å². The summed E-state index contributed by atoms with van der Waals surface area (Å²) in [6.45, 7) is 4.05. The number of nitrogens with one attached hydrogen (secondary N) is 2. The Morgan fingerprint density at radius 1 is 1.36 bits per heavy atom. The van der Waals surface area contributed by atoms with Crippen molar-refractivity contribution >= 4 is 11.6 Å². The van der Waals surface area contributed by atoms with Crippen LogP contribution in [-0.4, -0.2) is 38.4 Å². The van der Waals surface area contributed by atoms with Gasteiger partial charge in [0.1, 0.15) is 5.76 Å². The Morgan fingerprint density at radius 3 is 2.64 bits per heavy atom. The number of allylic oxidation sites excluding steroid dienone is 1. The number of carbonyl (C=O) groups excluding carboxylic acids is 1. The van der Waals surface area contributed by atoms with Gasteiger partial charge in [-0.3, -0.25) is 4.79 Å². The lowest BCUT2D eigenvalue weighted by atomic mass is 10.1. The van der Waals surface area contributed by atoms with E-state index >= 15 is 0 Å². The fraction of sp³-hybridized carbons (Fsp3) is 0.316. The minimum Gasteiger partial charge on any atom is -0.485 e. The van der Waals surface area contributed by atoms with Crippen LogP contribution >= 0.6 is 0 Å². The summed E-state index contributed by atoms with van der Waals surface area (Å²) in [7, 11) is 0. The average molecular weight is 397 g/mol. The van der Waals surface area contributed by atoms with Gasteiger partial charge in [-0.2, -0.15) is 13.2 Å². The van der Waals surface area contributed by atoms with Gasteiger partial charge in [-0.1, -0.05) is 18.7 Å². The number of anilines is 1. The van der Waals surface area contributed by atoms with Crippen molar-refractivity contribution in [2.24, 2.45) is 5.73 Å². The Morgan fingerprint density at radius 2 is 2.07 bits per heavy atom. The van der Waals surface area contributed by atoms with Crippen molar-refractivity contribution in [1.82, 2.24) is 5.32 Å². The third kappa shape index (κ3) is 7.09. The Hall–Kier alpha value is -2.78. The second-order valence-corrected chi connectivity index (χ2v) is 5.97. The maximum absolute atomic E-state index is 12.3. The normalized spacial score (nSPS) is 18.1. The largest absolute Gasteiger partial charge is 0.485 e. The van der Waals surface area contributed by atoms with Crippen LogP contribution in [0.4, 0.5) is 18.9 Å². The third-order valence-electron chi connectivity index (χ3n) is 3.78. The standard InChI is InChI=1S/C19H22F3N3O3/c1-13(28-12-19(20,21)22)2-3-15(10-23)18(26)25-16-6-4-14(5-7-16)17-11-24-8-9-27-17/h2-7,10,17,24H,1,8-9,11-12,23H2,(H,25,26)/b3-2-,15-10+/t17-/m1/s1. The molecule has 1 atom stereocenters. The number of hydrogen-bond donors (Lipinski definition) is 3. The fourth-order valence-corrected chi connectivity index (χ4v) is 2.38. The molecule has 0 aliphatic carbocycles. The molecule has 1 aliphatic rings. The molecule has 1 heterocycles. The summed E-state index contributed by atoms with van der Waals surface area (Å²) in [5.74, 6) is -0.763. The summed E-state index contributed by atoms with van der Waals surface area (Å²) < 4.78 is 46.4. The van der Waals surface area contributed by atoms with Crippen LogP contribution in [0, 0.1) is 0 Å². The van der Waals surface area contributed by atoms with Crippen molar-refractivity contribution in [1.29, 1.82) is 0 Å². The molecule has 0 saturated carbocycles. The van der Waals surface area contributed by atoms with E-state index in [1.54, 1.807) is 12.1 Å². The van der Waals surface area contributed by atoms with Crippen LogP contribution in [0.2, 0.25) is 0 Å². The van der Waals surface area contributed by atoms with Crippen LogP contribution in [-0.2, 0) is 14.3 Å². The predicted molar refractivity (Wildman–Crippen MR) is 99.2 cm³/mol. The Balaban J connectivity index is 1.90. The number of hydrogen-bond acceptors (Lipinski definition) is 5. The molecule has 1 aromatic carbocycles. The van der Waals surface area contributed by atoms with E-state index in [0.29, 0.717) is 12.3 Å². The Labute approximate surface area is 160 Å². The van der Waals surface area contributed by atoms with Gasteiger partial charge in [0.15, 0.2) is 6.61 Å². The zero-order valence-corrected chi connectivity index (χ0v) is 15.1. The molecule has 1 saturated heterocycles. The van der Waals surface area contributed by atoms with Gasteiger partial charge in [0.05, 0.1) is 18.3 Å². The van der Waals surface area contributed by atoms with Gasteiger partial charge in [0.2, 0.25) is 0 Å². The smallest absolute Gasteiger partial charge is 0.422 e. The molecule has 1 aromatic rings. The van der Waals surface area contributed by atoms with Gasteiger partial charge >= 0.3 is 6.18 Å². The number of amides is 1. The van der Waals surface area contributed by atoms with E-state index in [1.807, 2.05) is 12.1 Å². The van der Waals surface area contributed by atoms with Crippen LogP contribution in [0.3, 0.4) is 0 Å². The van der Waals surface area contributed by atoms with Crippen molar-refractivity contribution in [3.63, 3.8) is 0 Å². The quantitative estimate of drug-likeness (QED) is 0.374. The van der Waals surface area contributed by atoms with E-state index in [4.69, 9.17) is 10.5 Å². The van der Waals surface area contributed by atoms with Crippen LogP contribution in [0.5, 0.6) is 0 Å². The fourth-order valence-electron chi connectivity index (χ4n) is 2.38. The summed E-state index contributed by atoms with van der Waals surface area (Å²) in [4.78, 5) is 12.3. The lowest BCUT2D eigenvalue weighted by Crippen LogP contribution is -2.33. The molecule has 1 fully saturated rings. The maximum Gasteiger partial charge on any atom is 0.422 e. The highest BCUT2D eigenvalue weighted by Crippen LogP contribution is 2.21. The molecular weight excluding hydrogens is 375 g/mol. The zero-order valence-electron chi connectivity index (χ0n) is 15.1. The Bertz CT molecular complexity index is 737. The number of halogens is 3. The molecule has 152 valence electrons. The third-order valence-corrected chi connectivity index (χ3v) is 3.78. The maximum atomic E-state index is 12.3. The molecular formula is C19H22F3N3O3. The molecule has 0 unspecified atom stereocenters. The van der Waals surface area contributed by atoms with Crippen LogP contribution in [0.15, 0.2) is 60.5 Å². The molecule has 28 heavy (non-hydrogen) atoms. The predicted octanol–water partition coefficient (Wildman–Crippen LogP) is 2.78. The van der Waals surface area contributed by atoms with Crippen molar-refractivity contribution in [2.45, 2.75) is 12.3 Å². The van der Waals surface area contributed by atoms with Crippen LogP contribution in [0.25, 0.3) is 0 Å². The first-order chi connectivity index (χ1) is 13.3. The highest BCUT2D eigenvalue weighted by atomic mass is 19.4.